The number of aromatic amines is 1. The minimum absolute atomic E-state index is 0.0972. The molecule has 4 N–H and O–H groups in total. The van der Waals surface area contributed by atoms with Crippen molar-refractivity contribution in [2.24, 2.45) is 17.8 Å². The number of amides is 1. The molecule has 0 radical (unpaired) electrons. The molecule has 1 heterocycles. The maximum atomic E-state index is 12.3. The van der Waals surface area contributed by atoms with Crippen LogP contribution in [0.1, 0.15) is 44.9 Å². The minimum atomic E-state index is 0.0972. The van der Waals surface area contributed by atoms with E-state index in [0.717, 1.165) is 24.7 Å². The van der Waals surface area contributed by atoms with Crippen molar-refractivity contribution >= 4 is 17.4 Å². The molecule has 2 aliphatic rings. The van der Waals surface area contributed by atoms with E-state index in [1.807, 2.05) is 0 Å². The van der Waals surface area contributed by atoms with Crippen LogP contribution in [0.4, 0.5) is 11.5 Å². The first-order valence-electron chi connectivity index (χ1n) is 7.33. The third-order valence-electron chi connectivity index (χ3n) is 4.83. The van der Waals surface area contributed by atoms with Gasteiger partial charge in [-0.15, -0.1) is 0 Å². The highest BCUT2D eigenvalue weighted by Gasteiger charge is 2.35. The van der Waals surface area contributed by atoms with Gasteiger partial charge in [-0.3, -0.25) is 9.89 Å². The van der Waals surface area contributed by atoms with E-state index >= 15 is 0 Å². The highest BCUT2D eigenvalue weighted by atomic mass is 16.2. The molecule has 2 fully saturated rings. The van der Waals surface area contributed by atoms with E-state index in [1.165, 1.54) is 38.3 Å². The molecule has 2 aliphatic carbocycles. The number of hydrogen-bond donors (Lipinski definition) is 3. The Morgan fingerprint density at radius 3 is 2.79 bits per heavy atom. The Bertz CT molecular complexity index is 456. The fourth-order valence-corrected chi connectivity index (χ4v) is 3.73. The first-order chi connectivity index (χ1) is 9.24. The Morgan fingerprint density at radius 1 is 1.26 bits per heavy atom. The van der Waals surface area contributed by atoms with Crippen LogP contribution in [0.2, 0.25) is 0 Å². The number of carbonyl (C=O) groups is 1. The van der Waals surface area contributed by atoms with E-state index < -0.39 is 0 Å². The summed E-state index contributed by atoms with van der Waals surface area (Å²) in [5.41, 5.74) is 6.22. The van der Waals surface area contributed by atoms with Crippen LogP contribution >= 0.6 is 0 Å². The van der Waals surface area contributed by atoms with Crippen molar-refractivity contribution in [1.29, 1.82) is 0 Å². The van der Waals surface area contributed by atoms with Gasteiger partial charge in [0.15, 0.2) is 5.82 Å². The molecule has 19 heavy (non-hydrogen) atoms. The highest BCUT2D eigenvalue weighted by molar-refractivity contribution is 5.94. The molecular weight excluding hydrogens is 240 g/mol. The number of fused-ring (bicyclic) bond motifs is 1. The van der Waals surface area contributed by atoms with Crippen molar-refractivity contribution in [2.45, 2.75) is 44.9 Å². The number of H-pyrrole nitrogens is 1. The van der Waals surface area contributed by atoms with Gasteiger partial charge in [-0.1, -0.05) is 25.7 Å². The zero-order valence-electron chi connectivity index (χ0n) is 11.2. The summed E-state index contributed by atoms with van der Waals surface area (Å²) in [6.07, 6.45) is 10.2. The summed E-state index contributed by atoms with van der Waals surface area (Å²) in [6, 6.07) is 0. The number of carbonyl (C=O) groups excluding carboxylic acids is 1. The summed E-state index contributed by atoms with van der Waals surface area (Å²) in [4.78, 5) is 12.3. The molecule has 1 aromatic heterocycles. The zero-order valence-corrected chi connectivity index (χ0v) is 11.2. The Morgan fingerprint density at radius 2 is 2.05 bits per heavy atom. The molecule has 1 amide bonds. The van der Waals surface area contributed by atoms with Gasteiger partial charge in [0, 0.05) is 5.92 Å². The van der Waals surface area contributed by atoms with Crippen LogP contribution in [-0.4, -0.2) is 16.1 Å². The van der Waals surface area contributed by atoms with Gasteiger partial charge in [-0.05, 0) is 31.1 Å². The van der Waals surface area contributed by atoms with E-state index in [1.54, 1.807) is 0 Å². The molecule has 3 unspecified atom stereocenters. The Labute approximate surface area is 113 Å². The van der Waals surface area contributed by atoms with Gasteiger partial charge in [0.2, 0.25) is 5.91 Å². The Kier molecular flexibility index (Phi) is 3.44. The lowest BCUT2D eigenvalue weighted by Gasteiger charge is -2.38. The summed E-state index contributed by atoms with van der Waals surface area (Å²) in [5.74, 6) is 2.41. The SMILES string of the molecule is Nc1cn[nH]c1NC(=O)C1CCC2CCCCC2C1. The second-order valence-corrected chi connectivity index (χ2v) is 6.00. The first kappa shape index (κ1) is 12.5. The number of nitrogen functional groups attached to an aromatic ring is 1. The molecular formula is C14H22N4O. The molecule has 0 saturated heterocycles. The molecule has 3 rings (SSSR count). The maximum Gasteiger partial charge on any atom is 0.228 e. The number of nitrogens with one attached hydrogen (secondary N) is 2. The Hall–Kier alpha value is -1.52. The topological polar surface area (TPSA) is 83.8 Å². The van der Waals surface area contributed by atoms with Crippen molar-refractivity contribution in [1.82, 2.24) is 10.2 Å². The average molecular weight is 262 g/mol. The molecule has 2 saturated carbocycles. The molecule has 0 bridgehead atoms. The molecule has 0 aromatic carbocycles. The van der Waals surface area contributed by atoms with E-state index in [0.29, 0.717) is 11.5 Å². The average Bonchev–Trinajstić information content (AvgIpc) is 2.84. The van der Waals surface area contributed by atoms with Crippen LogP contribution in [0.15, 0.2) is 6.20 Å². The molecule has 0 spiro atoms. The molecule has 5 nitrogen and oxygen atoms in total. The van der Waals surface area contributed by atoms with E-state index in [9.17, 15) is 4.79 Å². The van der Waals surface area contributed by atoms with Gasteiger partial charge in [0.05, 0.1) is 11.9 Å². The fourth-order valence-electron chi connectivity index (χ4n) is 3.73. The van der Waals surface area contributed by atoms with Crippen molar-refractivity contribution in [2.75, 3.05) is 11.1 Å². The van der Waals surface area contributed by atoms with Gasteiger partial charge in [-0.2, -0.15) is 5.10 Å². The van der Waals surface area contributed by atoms with Crippen LogP contribution in [-0.2, 0) is 4.79 Å². The highest BCUT2D eigenvalue weighted by Crippen LogP contribution is 2.42. The van der Waals surface area contributed by atoms with Crippen LogP contribution in [0.3, 0.4) is 0 Å². The lowest BCUT2D eigenvalue weighted by atomic mass is 9.67. The van der Waals surface area contributed by atoms with Crippen LogP contribution in [0, 0.1) is 17.8 Å². The van der Waals surface area contributed by atoms with Gasteiger partial charge >= 0.3 is 0 Å². The van der Waals surface area contributed by atoms with E-state index in [2.05, 4.69) is 15.5 Å². The van der Waals surface area contributed by atoms with Crippen LogP contribution < -0.4 is 11.1 Å². The van der Waals surface area contributed by atoms with Gasteiger partial charge in [0.1, 0.15) is 0 Å². The zero-order chi connectivity index (χ0) is 13.2. The lowest BCUT2D eigenvalue weighted by Crippen LogP contribution is -2.34. The third kappa shape index (κ3) is 2.60. The standard InChI is InChI=1S/C14H22N4O/c15-12-8-16-18-13(12)17-14(19)11-6-5-9-3-1-2-4-10(9)7-11/h8-11H,1-7,15H2,(H2,16,17,18,19). The normalized spacial score (nSPS) is 30.6. The predicted molar refractivity (Wildman–Crippen MR) is 74.4 cm³/mol. The second-order valence-electron chi connectivity index (χ2n) is 6.00. The quantitative estimate of drug-likeness (QED) is 0.765. The van der Waals surface area contributed by atoms with Gasteiger partial charge < -0.3 is 11.1 Å². The predicted octanol–water partition coefficient (Wildman–Crippen LogP) is 2.54. The smallest absolute Gasteiger partial charge is 0.228 e. The summed E-state index contributed by atoms with van der Waals surface area (Å²) in [5, 5.41) is 9.42. The summed E-state index contributed by atoms with van der Waals surface area (Å²) < 4.78 is 0. The number of nitrogens with zero attached hydrogens (tertiary/aromatic N) is 1. The number of rotatable bonds is 2. The first-order valence-corrected chi connectivity index (χ1v) is 7.33. The summed E-state index contributed by atoms with van der Waals surface area (Å²) in [7, 11) is 0. The van der Waals surface area contributed by atoms with Gasteiger partial charge in [0.25, 0.3) is 0 Å². The van der Waals surface area contributed by atoms with Crippen molar-refractivity contribution in [3.8, 4) is 0 Å². The van der Waals surface area contributed by atoms with Crippen LogP contribution in [0.25, 0.3) is 0 Å². The number of anilines is 2. The van der Waals surface area contributed by atoms with Crippen LogP contribution in [0.5, 0.6) is 0 Å². The van der Waals surface area contributed by atoms with Crippen molar-refractivity contribution in [3.63, 3.8) is 0 Å². The largest absolute Gasteiger partial charge is 0.394 e. The monoisotopic (exact) mass is 262 g/mol. The third-order valence-corrected chi connectivity index (χ3v) is 4.83. The second kappa shape index (κ2) is 5.23. The van der Waals surface area contributed by atoms with Gasteiger partial charge in [-0.25, -0.2) is 0 Å². The molecule has 0 aliphatic heterocycles. The molecule has 3 atom stereocenters. The van der Waals surface area contributed by atoms with Crippen molar-refractivity contribution < 1.29 is 4.79 Å². The van der Waals surface area contributed by atoms with E-state index in [-0.39, 0.29) is 11.8 Å². The summed E-state index contributed by atoms with van der Waals surface area (Å²) >= 11 is 0. The minimum Gasteiger partial charge on any atom is -0.394 e. The number of nitrogens with two attached hydrogens (primary N) is 1. The Balaban J connectivity index is 1.60. The fraction of sp³-hybridized carbons (Fsp3) is 0.714. The van der Waals surface area contributed by atoms with E-state index in [4.69, 9.17) is 5.73 Å². The number of aromatic nitrogens is 2. The molecule has 104 valence electrons. The summed E-state index contributed by atoms with van der Waals surface area (Å²) in [6.45, 7) is 0. The molecule has 5 heteroatoms. The number of hydrogen-bond acceptors (Lipinski definition) is 3. The van der Waals surface area contributed by atoms with Crippen molar-refractivity contribution in [3.05, 3.63) is 6.20 Å². The lowest BCUT2D eigenvalue weighted by molar-refractivity contribution is -0.122. The molecule has 1 aromatic rings. The maximum absolute atomic E-state index is 12.3.